The van der Waals surface area contributed by atoms with Crippen LogP contribution in [0.15, 0.2) is 18.5 Å². The number of aromatic nitrogens is 1. The van der Waals surface area contributed by atoms with Gasteiger partial charge in [-0.3, -0.25) is 9.78 Å². The average Bonchev–Trinajstić information content (AvgIpc) is 2.66. The smallest absolute Gasteiger partial charge is 0.254 e. The highest BCUT2D eigenvalue weighted by atomic mass is 35.5. The summed E-state index contributed by atoms with van der Waals surface area (Å²) in [6.45, 7) is 0.350. The van der Waals surface area contributed by atoms with Crippen LogP contribution in [0.3, 0.4) is 0 Å². The molecular weight excluding hydrogens is 276 g/mol. The molecule has 98 valence electrons. The maximum Gasteiger partial charge on any atom is 0.254 e. The first kappa shape index (κ1) is 13.3. The Hall–Kier alpha value is -1.14. The molecular formula is C11H13ClN2O3S. The van der Waals surface area contributed by atoms with Crippen molar-refractivity contribution >= 4 is 27.3 Å². The van der Waals surface area contributed by atoms with Gasteiger partial charge in [0.2, 0.25) is 0 Å². The molecule has 0 spiro atoms. The van der Waals surface area contributed by atoms with Crippen LogP contribution in [0.25, 0.3) is 0 Å². The predicted octanol–water partition coefficient (Wildman–Crippen LogP) is 0.900. The summed E-state index contributed by atoms with van der Waals surface area (Å²) in [5.74, 6) is 0.0293. The topological polar surface area (TPSA) is 76.1 Å². The van der Waals surface area contributed by atoms with Gasteiger partial charge in [0.15, 0.2) is 9.84 Å². The molecule has 1 atom stereocenters. The number of carbonyl (C=O) groups is 1. The van der Waals surface area contributed by atoms with Crippen LogP contribution in [0.2, 0.25) is 5.02 Å². The fourth-order valence-electron chi connectivity index (χ4n) is 1.91. The lowest BCUT2D eigenvalue weighted by Gasteiger charge is -2.10. The zero-order valence-electron chi connectivity index (χ0n) is 9.60. The summed E-state index contributed by atoms with van der Waals surface area (Å²) in [5, 5.41) is 3.03. The predicted molar refractivity (Wildman–Crippen MR) is 68.3 cm³/mol. The van der Waals surface area contributed by atoms with Crippen molar-refractivity contribution in [2.45, 2.75) is 6.42 Å². The average molecular weight is 289 g/mol. The standard InChI is InChI=1S/C11H13ClN2O3S/c12-10-1-3-13-6-9(10)11(15)14-5-8-2-4-18(16,17)7-8/h1,3,6,8H,2,4-5,7H2,(H,14,15). The Morgan fingerprint density at radius 2 is 2.33 bits per heavy atom. The van der Waals surface area contributed by atoms with Crippen LogP contribution in [0.5, 0.6) is 0 Å². The summed E-state index contributed by atoms with van der Waals surface area (Å²) in [4.78, 5) is 15.6. The normalized spacial score (nSPS) is 21.7. The number of hydrogen-bond donors (Lipinski definition) is 1. The van der Waals surface area contributed by atoms with Gasteiger partial charge in [-0.05, 0) is 18.4 Å². The summed E-state index contributed by atoms with van der Waals surface area (Å²) in [7, 11) is -2.91. The number of halogens is 1. The number of nitrogens with zero attached hydrogens (tertiary/aromatic N) is 1. The van der Waals surface area contributed by atoms with E-state index in [0.29, 0.717) is 23.6 Å². The number of rotatable bonds is 3. The SMILES string of the molecule is O=C(NCC1CCS(=O)(=O)C1)c1cnccc1Cl. The largest absolute Gasteiger partial charge is 0.352 e. The molecule has 1 aromatic rings. The fraction of sp³-hybridized carbons (Fsp3) is 0.455. The van der Waals surface area contributed by atoms with E-state index in [1.807, 2.05) is 0 Å². The van der Waals surface area contributed by atoms with Crippen LogP contribution in [-0.2, 0) is 9.84 Å². The van der Waals surface area contributed by atoms with E-state index in [1.54, 1.807) is 0 Å². The van der Waals surface area contributed by atoms with E-state index in [2.05, 4.69) is 10.3 Å². The van der Waals surface area contributed by atoms with Gasteiger partial charge in [0, 0.05) is 18.9 Å². The Kier molecular flexibility index (Phi) is 3.87. The molecule has 7 heteroatoms. The molecule has 0 aliphatic carbocycles. The molecule has 18 heavy (non-hydrogen) atoms. The summed E-state index contributed by atoms with van der Waals surface area (Å²) >= 11 is 5.86. The molecule has 1 N–H and O–H groups in total. The van der Waals surface area contributed by atoms with Gasteiger partial charge in [-0.1, -0.05) is 11.6 Å². The second-order valence-corrected chi connectivity index (χ2v) is 6.97. The molecule has 1 amide bonds. The van der Waals surface area contributed by atoms with Gasteiger partial charge in [-0.2, -0.15) is 0 Å². The summed E-state index contributed by atoms with van der Waals surface area (Å²) in [6, 6.07) is 1.54. The number of nitrogens with one attached hydrogen (secondary N) is 1. The van der Waals surface area contributed by atoms with Crippen molar-refractivity contribution in [2.75, 3.05) is 18.1 Å². The third kappa shape index (κ3) is 3.20. The third-order valence-corrected chi connectivity index (χ3v) is 5.06. The van der Waals surface area contributed by atoms with Gasteiger partial charge in [0.05, 0.1) is 22.1 Å². The van der Waals surface area contributed by atoms with Gasteiger partial charge in [-0.15, -0.1) is 0 Å². The maximum atomic E-state index is 11.8. The van der Waals surface area contributed by atoms with E-state index < -0.39 is 9.84 Å². The van der Waals surface area contributed by atoms with Crippen LogP contribution in [-0.4, -0.2) is 37.4 Å². The summed E-state index contributed by atoms with van der Waals surface area (Å²) in [6.07, 6.45) is 3.50. The van der Waals surface area contributed by atoms with Crippen LogP contribution in [0.4, 0.5) is 0 Å². The van der Waals surface area contributed by atoms with Crippen molar-refractivity contribution in [1.82, 2.24) is 10.3 Å². The lowest BCUT2D eigenvalue weighted by Crippen LogP contribution is -2.30. The first-order valence-electron chi connectivity index (χ1n) is 5.56. The lowest BCUT2D eigenvalue weighted by atomic mass is 10.1. The van der Waals surface area contributed by atoms with Gasteiger partial charge in [0.25, 0.3) is 5.91 Å². The highest BCUT2D eigenvalue weighted by molar-refractivity contribution is 7.91. The number of carbonyl (C=O) groups excluding carboxylic acids is 1. The van der Waals surface area contributed by atoms with Crippen LogP contribution >= 0.6 is 11.6 Å². The highest BCUT2D eigenvalue weighted by Gasteiger charge is 2.28. The van der Waals surface area contributed by atoms with Crippen LogP contribution in [0.1, 0.15) is 16.8 Å². The van der Waals surface area contributed by atoms with E-state index in [4.69, 9.17) is 11.6 Å². The van der Waals surface area contributed by atoms with Gasteiger partial charge in [0.1, 0.15) is 0 Å². The molecule has 1 aliphatic heterocycles. The second-order valence-electron chi connectivity index (χ2n) is 4.33. The van der Waals surface area contributed by atoms with E-state index in [1.165, 1.54) is 18.5 Å². The van der Waals surface area contributed by atoms with E-state index in [-0.39, 0.29) is 23.3 Å². The van der Waals surface area contributed by atoms with Gasteiger partial charge >= 0.3 is 0 Å². The quantitative estimate of drug-likeness (QED) is 0.896. The molecule has 1 saturated heterocycles. The molecule has 0 bridgehead atoms. The molecule has 1 unspecified atom stereocenters. The zero-order valence-corrected chi connectivity index (χ0v) is 11.2. The summed E-state index contributed by atoms with van der Waals surface area (Å²) in [5.41, 5.74) is 0.306. The molecule has 1 aromatic heterocycles. The molecule has 0 radical (unpaired) electrons. The maximum absolute atomic E-state index is 11.8. The molecule has 2 heterocycles. The minimum Gasteiger partial charge on any atom is -0.352 e. The van der Waals surface area contributed by atoms with Crippen molar-refractivity contribution < 1.29 is 13.2 Å². The fourth-order valence-corrected chi connectivity index (χ4v) is 3.96. The zero-order chi connectivity index (χ0) is 13.2. The first-order chi connectivity index (χ1) is 8.48. The molecule has 0 aromatic carbocycles. The van der Waals surface area contributed by atoms with Gasteiger partial charge in [-0.25, -0.2) is 8.42 Å². The van der Waals surface area contributed by atoms with Crippen LogP contribution in [0, 0.1) is 5.92 Å². The van der Waals surface area contributed by atoms with Crippen molar-refractivity contribution in [3.05, 3.63) is 29.0 Å². The Morgan fingerprint density at radius 1 is 1.56 bits per heavy atom. The molecule has 5 nitrogen and oxygen atoms in total. The van der Waals surface area contributed by atoms with Crippen molar-refractivity contribution in [3.8, 4) is 0 Å². The number of pyridine rings is 1. The first-order valence-corrected chi connectivity index (χ1v) is 7.76. The minimum atomic E-state index is -2.91. The molecule has 2 rings (SSSR count). The van der Waals surface area contributed by atoms with Crippen LogP contribution < -0.4 is 5.32 Å². The molecule has 1 aliphatic rings. The Morgan fingerprint density at radius 3 is 2.94 bits per heavy atom. The second kappa shape index (κ2) is 5.24. The van der Waals surface area contributed by atoms with E-state index in [9.17, 15) is 13.2 Å². The third-order valence-electron chi connectivity index (χ3n) is 2.89. The highest BCUT2D eigenvalue weighted by Crippen LogP contribution is 2.18. The summed E-state index contributed by atoms with van der Waals surface area (Å²) < 4.78 is 22.5. The molecule has 1 fully saturated rings. The Balaban J connectivity index is 1.92. The van der Waals surface area contributed by atoms with E-state index in [0.717, 1.165) is 0 Å². The van der Waals surface area contributed by atoms with Crippen molar-refractivity contribution in [1.29, 1.82) is 0 Å². The molecule has 0 saturated carbocycles. The van der Waals surface area contributed by atoms with Gasteiger partial charge < -0.3 is 5.32 Å². The number of hydrogen-bond acceptors (Lipinski definition) is 4. The Bertz CT molecular complexity index is 559. The minimum absolute atomic E-state index is 0.00519. The Labute approximate surface area is 110 Å². The number of sulfone groups is 1. The van der Waals surface area contributed by atoms with Crippen molar-refractivity contribution in [2.24, 2.45) is 5.92 Å². The lowest BCUT2D eigenvalue weighted by molar-refractivity contribution is 0.0948. The monoisotopic (exact) mass is 288 g/mol. The van der Waals surface area contributed by atoms with E-state index >= 15 is 0 Å². The van der Waals surface area contributed by atoms with Crippen molar-refractivity contribution in [3.63, 3.8) is 0 Å². The number of amides is 1.